The van der Waals surface area contributed by atoms with Crippen LogP contribution in [-0.4, -0.2) is 31.3 Å². The summed E-state index contributed by atoms with van der Waals surface area (Å²) in [7, 11) is 1.58. The van der Waals surface area contributed by atoms with Gasteiger partial charge in [-0.1, -0.05) is 0 Å². The van der Waals surface area contributed by atoms with Crippen molar-refractivity contribution in [3.63, 3.8) is 0 Å². The third-order valence-corrected chi connectivity index (χ3v) is 2.07. The zero-order chi connectivity index (χ0) is 9.97. The van der Waals surface area contributed by atoms with E-state index in [2.05, 4.69) is 4.99 Å². The number of hydrogen-bond donors (Lipinski definition) is 1. The van der Waals surface area contributed by atoms with Crippen molar-refractivity contribution in [1.29, 1.82) is 0 Å². The molecule has 0 radical (unpaired) electrons. The van der Waals surface area contributed by atoms with Gasteiger partial charge in [0.1, 0.15) is 6.61 Å². The van der Waals surface area contributed by atoms with E-state index in [0.717, 1.165) is 22.9 Å². The summed E-state index contributed by atoms with van der Waals surface area (Å²) >= 11 is 0. The number of anilines is 1. The first kappa shape index (κ1) is 9.02. The Balaban J connectivity index is 2.21. The fourth-order valence-electron chi connectivity index (χ4n) is 1.33. The van der Waals surface area contributed by atoms with E-state index in [1.54, 1.807) is 7.05 Å². The van der Waals surface area contributed by atoms with Crippen molar-refractivity contribution in [1.82, 2.24) is 0 Å². The van der Waals surface area contributed by atoms with Crippen LogP contribution in [0.2, 0.25) is 0 Å². The summed E-state index contributed by atoms with van der Waals surface area (Å²) in [5, 5.41) is 10.2. The van der Waals surface area contributed by atoms with Crippen LogP contribution < -0.4 is 5.06 Å². The highest BCUT2D eigenvalue weighted by atomic mass is 16.5. The summed E-state index contributed by atoms with van der Waals surface area (Å²) in [4.78, 5) is 4.20. The lowest BCUT2D eigenvalue weighted by Gasteiger charge is -2.10. The molecular weight excluding hydrogens is 180 g/mol. The van der Waals surface area contributed by atoms with Crippen molar-refractivity contribution >= 4 is 11.6 Å². The van der Waals surface area contributed by atoms with E-state index in [9.17, 15) is 0 Å². The van der Waals surface area contributed by atoms with Crippen molar-refractivity contribution < 1.29 is 9.94 Å². The molecule has 1 aromatic carbocycles. The van der Waals surface area contributed by atoms with E-state index in [4.69, 9.17) is 9.94 Å². The van der Waals surface area contributed by atoms with Gasteiger partial charge < -0.3 is 4.74 Å². The lowest BCUT2D eigenvalue weighted by atomic mass is 10.2. The molecule has 1 aliphatic heterocycles. The van der Waals surface area contributed by atoms with Crippen LogP contribution in [0.4, 0.5) is 5.69 Å². The van der Waals surface area contributed by atoms with Crippen LogP contribution in [0, 0.1) is 0 Å². The molecule has 0 unspecified atom stereocenters. The predicted molar refractivity (Wildman–Crippen MR) is 54.0 cm³/mol. The standard InChI is InChI=1S/C10H12N2O2/c1-12(13)9-4-2-8(3-5-9)10-11-6-7-14-10/h2-5,13H,6-7H2,1H3. The summed E-state index contributed by atoms with van der Waals surface area (Å²) in [5.74, 6) is 0.692. The molecule has 4 nitrogen and oxygen atoms in total. The van der Waals surface area contributed by atoms with Crippen molar-refractivity contribution in [2.24, 2.45) is 4.99 Å². The van der Waals surface area contributed by atoms with Gasteiger partial charge in [0.2, 0.25) is 5.90 Å². The Hall–Kier alpha value is -1.55. The van der Waals surface area contributed by atoms with E-state index >= 15 is 0 Å². The van der Waals surface area contributed by atoms with Crippen LogP contribution in [0.3, 0.4) is 0 Å². The molecule has 1 heterocycles. The second kappa shape index (κ2) is 3.67. The quantitative estimate of drug-likeness (QED) is 0.718. The number of hydroxylamine groups is 1. The maximum atomic E-state index is 9.15. The fourth-order valence-corrected chi connectivity index (χ4v) is 1.33. The third-order valence-electron chi connectivity index (χ3n) is 2.07. The summed E-state index contributed by atoms with van der Waals surface area (Å²) < 4.78 is 5.31. The van der Waals surface area contributed by atoms with Gasteiger partial charge in [0.05, 0.1) is 12.2 Å². The first-order valence-corrected chi connectivity index (χ1v) is 4.47. The average molecular weight is 192 g/mol. The van der Waals surface area contributed by atoms with Gasteiger partial charge in [-0.3, -0.25) is 10.3 Å². The lowest BCUT2D eigenvalue weighted by molar-refractivity contribution is 0.279. The van der Waals surface area contributed by atoms with Crippen LogP contribution in [0.1, 0.15) is 5.56 Å². The summed E-state index contributed by atoms with van der Waals surface area (Å²) in [6, 6.07) is 7.40. The first-order chi connectivity index (χ1) is 6.77. The number of hydrogen-bond acceptors (Lipinski definition) is 4. The summed E-state index contributed by atoms with van der Waals surface area (Å²) in [6.07, 6.45) is 0. The Labute approximate surface area is 82.4 Å². The molecule has 0 aliphatic carbocycles. The molecule has 0 atom stereocenters. The van der Waals surface area contributed by atoms with Gasteiger partial charge in [0.15, 0.2) is 0 Å². The first-order valence-electron chi connectivity index (χ1n) is 4.47. The largest absolute Gasteiger partial charge is 0.476 e. The van der Waals surface area contributed by atoms with Crippen LogP contribution in [-0.2, 0) is 4.74 Å². The molecule has 4 heteroatoms. The van der Waals surface area contributed by atoms with Crippen LogP contribution >= 0.6 is 0 Å². The molecule has 0 aromatic heterocycles. The van der Waals surface area contributed by atoms with Crippen molar-refractivity contribution in [3.8, 4) is 0 Å². The van der Waals surface area contributed by atoms with E-state index < -0.39 is 0 Å². The Bertz CT molecular complexity index is 344. The molecule has 0 fully saturated rings. The molecule has 2 rings (SSSR count). The third kappa shape index (κ3) is 1.70. The second-order valence-electron chi connectivity index (χ2n) is 3.11. The molecule has 0 saturated carbocycles. The monoisotopic (exact) mass is 192 g/mol. The highest BCUT2D eigenvalue weighted by molar-refractivity contribution is 5.95. The Morgan fingerprint density at radius 3 is 2.57 bits per heavy atom. The fraction of sp³-hybridized carbons (Fsp3) is 0.300. The van der Waals surface area contributed by atoms with Gasteiger partial charge in [-0.05, 0) is 24.3 Å². The van der Waals surface area contributed by atoms with Crippen LogP contribution in [0.5, 0.6) is 0 Å². The van der Waals surface area contributed by atoms with Crippen molar-refractivity contribution in [2.75, 3.05) is 25.3 Å². The highest BCUT2D eigenvalue weighted by Gasteiger charge is 2.09. The normalized spacial score (nSPS) is 14.9. The van der Waals surface area contributed by atoms with Crippen molar-refractivity contribution in [2.45, 2.75) is 0 Å². The highest BCUT2D eigenvalue weighted by Crippen LogP contribution is 2.14. The zero-order valence-electron chi connectivity index (χ0n) is 7.97. The molecule has 0 saturated heterocycles. The zero-order valence-corrected chi connectivity index (χ0v) is 7.97. The molecule has 14 heavy (non-hydrogen) atoms. The van der Waals surface area contributed by atoms with Gasteiger partial charge in [-0.25, -0.2) is 4.99 Å². The van der Waals surface area contributed by atoms with Crippen LogP contribution in [0.25, 0.3) is 0 Å². The van der Waals surface area contributed by atoms with Gasteiger partial charge >= 0.3 is 0 Å². The Morgan fingerprint density at radius 2 is 2.07 bits per heavy atom. The molecule has 0 amide bonds. The second-order valence-corrected chi connectivity index (χ2v) is 3.11. The summed E-state index contributed by atoms with van der Waals surface area (Å²) in [5.41, 5.74) is 1.69. The van der Waals surface area contributed by atoms with E-state index in [-0.39, 0.29) is 0 Å². The van der Waals surface area contributed by atoms with Gasteiger partial charge in [0, 0.05) is 12.6 Å². The van der Waals surface area contributed by atoms with E-state index in [1.165, 1.54) is 0 Å². The Morgan fingerprint density at radius 1 is 1.36 bits per heavy atom. The predicted octanol–water partition coefficient (Wildman–Crippen LogP) is 1.29. The molecule has 1 aromatic rings. The number of aliphatic imine (C=N–C) groups is 1. The Kier molecular flexibility index (Phi) is 2.37. The maximum absolute atomic E-state index is 9.15. The molecule has 0 bridgehead atoms. The minimum absolute atomic E-state index is 0.664. The molecule has 1 N–H and O–H groups in total. The molecule has 0 spiro atoms. The summed E-state index contributed by atoms with van der Waals surface area (Å²) in [6.45, 7) is 1.40. The van der Waals surface area contributed by atoms with Crippen LogP contribution in [0.15, 0.2) is 29.3 Å². The average Bonchev–Trinajstić information content (AvgIpc) is 2.71. The number of ether oxygens (including phenoxy) is 1. The van der Waals surface area contributed by atoms with E-state index in [0.29, 0.717) is 12.5 Å². The lowest BCUT2D eigenvalue weighted by Crippen LogP contribution is -2.10. The smallest absolute Gasteiger partial charge is 0.216 e. The number of rotatable bonds is 2. The molecule has 74 valence electrons. The molecule has 1 aliphatic rings. The van der Waals surface area contributed by atoms with Gasteiger partial charge in [0.25, 0.3) is 0 Å². The van der Waals surface area contributed by atoms with Gasteiger partial charge in [-0.2, -0.15) is 0 Å². The maximum Gasteiger partial charge on any atom is 0.216 e. The molecular formula is C10H12N2O2. The van der Waals surface area contributed by atoms with E-state index in [1.807, 2.05) is 24.3 Å². The topological polar surface area (TPSA) is 45.1 Å². The SMILES string of the molecule is CN(O)c1ccc(C2=NCCO2)cc1. The van der Waals surface area contributed by atoms with Crippen molar-refractivity contribution in [3.05, 3.63) is 29.8 Å². The van der Waals surface area contributed by atoms with Gasteiger partial charge in [-0.15, -0.1) is 0 Å². The minimum Gasteiger partial charge on any atom is -0.476 e. The number of nitrogens with zero attached hydrogens (tertiary/aromatic N) is 2. The number of benzene rings is 1. The minimum atomic E-state index is 0.664.